The molecule has 1 amide bonds. The van der Waals surface area contributed by atoms with Crippen LogP contribution in [0.4, 0.5) is 0 Å². The molecule has 37 heavy (non-hydrogen) atoms. The van der Waals surface area contributed by atoms with Gasteiger partial charge < -0.3 is 9.64 Å². The molecular weight excluding hydrogens is 500 g/mol. The number of benzene rings is 3. The average molecular weight is 529 g/mol. The molecule has 1 fully saturated rings. The van der Waals surface area contributed by atoms with Crippen molar-refractivity contribution in [2.24, 2.45) is 5.92 Å². The molecule has 5 rings (SSSR count). The van der Waals surface area contributed by atoms with E-state index in [1.165, 1.54) is 11.3 Å². The van der Waals surface area contributed by atoms with Crippen LogP contribution in [0.15, 0.2) is 66.7 Å². The zero-order valence-electron chi connectivity index (χ0n) is 21.0. The summed E-state index contributed by atoms with van der Waals surface area (Å²) in [5.74, 6) is 1.41. The van der Waals surface area contributed by atoms with Gasteiger partial charge in [-0.3, -0.25) is 4.79 Å². The lowest BCUT2D eigenvalue weighted by molar-refractivity contribution is 0.0597. The molecule has 4 aromatic rings. The van der Waals surface area contributed by atoms with Crippen molar-refractivity contribution in [3.63, 3.8) is 0 Å². The number of nitrogens with zero attached hydrogens (tertiary/aromatic N) is 2. The van der Waals surface area contributed by atoms with Gasteiger partial charge in [0.05, 0.1) is 23.8 Å². The number of carbonyl (C=O) groups excluding carboxylic acids is 1. The summed E-state index contributed by atoms with van der Waals surface area (Å²) in [4.78, 5) is 16.7. The quantitative estimate of drug-likeness (QED) is 0.253. The molecule has 0 radical (unpaired) electrons. The lowest BCUT2D eigenvalue weighted by Gasteiger charge is -2.36. The molecule has 6 heteroatoms. The number of hydrogen-bond acceptors (Lipinski definition) is 4. The first-order valence-corrected chi connectivity index (χ1v) is 13.8. The number of fused-ring (bicyclic) bond motifs is 1. The van der Waals surface area contributed by atoms with E-state index in [1.807, 2.05) is 65.6 Å². The van der Waals surface area contributed by atoms with Gasteiger partial charge in [0.2, 0.25) is 0 Å². The van der Waals surface area contributed by atoms with Crippen LogP contribution in [0.2, 0.25) is 5.02 Å². The van der Waals surface area contributed by atoms with E-state index in [9.17, 15) is 4.79 Å². The molecule has 0 atom stereocenters. The summed E-state index contributed by atoms with van der Waals surface area (Å²) in [6.45, 7) is 2.73. The highest BCUT2D eigenvalue weighted by Gasteiger charge is 2.31. The van der Waals surface area contributed by atoms with E-state index in [1.54, 1.807) is 7.11 Å². The van der Waals surface area contributed by atoms with Crippen molar-refractivity contribution in [3.05, 3.63) is 87.8 Å². The first-order chi connectivity index (χ1) is 18.0. The van der Waals surface area contributed by atoms with Crippen molar-refractivity contribution in [1.29, 1.82) is 5.26 Å². The summed E-state index contributed by atoms with van der Waals surface area (Å²) in [6.07, 6.45) is 4.17. The molecular formula is C31H29ClN2O2S. The van der Waals surface area contributed by atoms with Crippen LogP contribution in [0.1, 0.15) is 53.4 Å². The van der Waals surface area contributed by atoms with Crippen LogP contribution in [-0.4, -0.2) is 24.0 Å². The fraction of sp³-hybridized carbons (Fsp3) is 0.290. The van der Waals surface area contributed by atoms with Gasteiger partial charge in [0.25, 0.3) is 5.91 Å². The summed E-state index contributed by atoms with van der Waals surface area (Å²) in [6, 6.07) is 23.8. The van der Waals surface area contributed by atoms with Gasteiger partial charge in [0.15, 0.2) is 0 Å². The SMILES string of the molecule is COc1ccc(-c2ccc(C#N)cc2)cc1CN(C(=O)c1sc2ccccc2c1Cl)[C@H]1CC[C@H](C)CC1. The molecule has 1 aromatic heterocycles. The minimum absolute atomic E-state index is 0.0171. The van der Waals surface area contributed by atoms with Crippen LogP contribution in [0.25, 0.3) is 21.2 Å². The van der Waals surface area contributed by atoms with Gasteiger partial charge in [-0.1, -0.05) is 54.9 Å². The van der Waals surface area contributed by atoms with Gasteiger partial charge in [-0.2, -0.15) is 5.26 Å². The number of ether oxygens (including phenoxy) is 1. The lowest BCUT2D eigenvalue weighted by atomic mass is 9.86. The van der Waals surface area contributed by atoms with Gasteiger partial charge in [-0.15, -0.1) is 11.3 Å². The largest absolute Gasteiger partial charge is 0.496 e. The molecule has 0 bridgehead atoms. The fourth-order valence-corrected chi connectivity index (χ4v) is 6.67. The van der Waals surface area contributed by atoms with Crippen molar-refractivity contribution in [2.75, 3.05) is 7.11 Å². The number of thiophene rings is 1. The second kappa shape index (κ2) is 11.0. The Morgan fingerprint density at radius 3 is 2.43 bits per heavy atom. The van der Waals surface area contributed by atoms with Crippen LogP contribution >= 0.6 is 22.9 Å². The number of hydrogen-bond donors (Lipinski definition) is 0. The maximum atomic E-state index is 14.1. The van der Waals surface area contributed by atoms with Crippen molar-refractivity contribution in [3.8, 4) is 22.9 Å². The zero-order valence-corrected chi connectivity index (χ0v) is 22.6. The van der Waals surface area contributed by atoms with Crippen LogP contribution in [0, 0.1) is 17.2 Å². The van der Waals surface area contributed by atoms with E-state index in [0.717, 1.165) is 58.2 Å². The maximum Gasteiger partial charge on any atom is 0.266 e. The topological polar surface area (TPSA) is 53.3 Å². The van der Waals surface area contributed by atoms with Gasteiger partial charge in [0.1, 0.15) is 10.6 Å². The Hall–Kier alpha value is -3.33. The van der Waals surface area contributed by atoms with E-state index >= 15 is 0 Å². The molecule has 0 unspecified atom stereocenters. The fourth-order valence-electron chi connectivity index (χ4n) is 5.21. The lowest BCUT2D eigenvalue weighted by Crippen LogP contribution is -2.41. The van der Waals surface area contributed by atoms with E-state index in [4.69, 9.17) is 21.6 Å². The molecule has 0 aliphatic heterocycles. The number of nitriles is 1. The van der Waals surface area contributed by atoms with Crippen LogP contribution < -0.4 is 4.74 Å². The van der Waals surface area contributed by atoms with Crippen molar-refractivity contribution in [1.82, 2.24) is 4.90 Å². The summed E-state index contributed by atoms with van der Waals surface area (Å²) in [5, 5.41) is 10.6. The summed E-state index contributed by atoms with van der Waals surface area (Å²) in [5.41, 5.74) is 3.61. The number of rotatable bonds is 6. The summed E-state index contributed by atoms with van der Waals surface area (Å²) >= 11 is 8.23. The first-order valence-electron chi connectivity index (χ1n) is 12.6. The van der Waals surface area contributed by atoms with E-state index < -0.39 is 0 Å². The average Bonchev–Trinajstić information content (AvgIpc) is 3.28. The highest BCUT2D eigenvalue weighted by Crippen LogP contribution is 2.38. The maximum absolute atomic E-state index is 14.1. The Morgan fingerprint density at radius 2 is 1.76 bits per heavy atom. The monoisotopic (exact) mass is 528 g/mol. The number of carbonyl (C=O) groups is 1. The second-order valence-corrected chi connectivity index (χ2v) is 11.2. The standard InChI is InChI=1S/C31H29ClN2O2S/c1-20-7-14-25(15-8-20)34(31(35)30-29(32)26-5-3-4-6-28(26)37-30)19-24-17-23(13-16-27(24)36-2)22-11-9-21(18-33)10-12-22/h3-6,9-13,16-17,20,25H,7-8,14-15,19H2,1-2H3/t20-,25-. The second-order valence-electron chi connectivity index (χ2n) is 9.80. The van der Waals surface area contributed by atoms with Crippen LogP contribution in [0.3, 0.4) is 0 Å². The third-order valence-electron chi connectivity index (χ3n) is 7.38. The highest BCUT2D eigenvalue weighted by atomic mass is 35.5. The first kappa shape index (κ1) is 25.3. The molecule has 188 valence electrons. The summed E-state index contributed by atoms with van der Waals surface area (Å²) in [7, 11) is 1.66. The third kappa shape index (κ3) is 5.23. The zero-order chi connectivity index (χ0) is 25.9. The Kier molecular flexibility index (Phi) is 7.50. The van der Waals surface area contributed by atoms with Crippen molar-refractivity contribution < 1.29 is 9.53 Å². The molecule has 0 N–H and O–H groups in total. The summed E-state index contributed by atoms with van der Waals surface area (Å²) < 4.78 is 6.75. The van der Waals surface area contributed by atoms with Crippen LogP contribution in [-0.2, 0) is 6.54 Å². The number of halogens is 1. The highest BCUT2D eigenvalue weighted by molar-refractivity contribution is 7.21. The Bertz CT molecular complexity index is 1460. The van der Waals surface area contributed by atoms with Gasteiger partial charge >= 0.3 is 0 Å². The molecule has 1 aliphatic rings. The van der Waals surface area contributed by atoms with Gasteiger partial charge in [-0.25, -0.2) is 0 Å². The molecule has 3 aromatic carbocycles. The Morgan fingerprint density at radius 1 is 1.05 bits per heavy atom. The normalized spacial score (nSPS) is 17.4. The molecule has 1 heterocycles. The Labute approximate surface area is 227 Å². The van der Waals surface area contributed by atoms with E-state index in [2.05, 4.69) is 19.1 Å². The molecule has 0 saturated heterocycles. The predicted octanol–water partition coefficient (Wildman–Crippen LogP) is 8.32. The molecule has 0 spiro atoms. The molecule has 1 aliphatic carbocycles. The third-order valence-corrected chi connectivity index (χ3v) is 9.05. The Balaban J connectivity index is 1.53. The molecule has 1 saturated carbocycles. The van der Waals surface area contributed by atoms with Crippen molar-refractivity contribution in [2.45, 2.75) is 45.2 Å². The number of methoxy groups -OCH3 is 1. The smallest absolute Gasteiger partial charge is 0.266 e. The van der Waals surface area contributed by atoms with Crippen LogP contribution in [0.5, 0.6) is 5.75 Å². The molecule has 4 nitrogen and oxygen atoms in total. The minimum atomic E-state index is -0.0171. The van der Waals surface area contributed by atoms with E-state index in [0.29, 0.717) is 27.9 Å². The number of amides is 1. The van der Waals surface area contributed by atoms with Gasteiger partial charge in [-0.05, 0) is 73.1 Å². The predicted molar refractivity (Wildman–Crippen MR) is 151 cm³/mol. The minimum Gasteiger partial charge on any atom is -0.496 e. The van der Waals surface area contributed by atoms with Crippen molar-refractivity contribution >= 4 is 38.9 Å². The van der Waals surface area contributed by atoms with E-state index in [-0.39, 0.29) is 11.9 Å². The van der Waals surface area contributed by atoms with Gasteiger partial charge in [0, 0.05) is 28.2 Å².